The average Bonchev–Trinajstić information content (AvgIpc) is 2.46. The first kappa shape index (κ1) is 19.3. The molecule has 1 heterocycles. The number of nitrogens with two attached hydrogens (primary N) is 1. The van der Waals surface area contributed by atoms with Crippen molar-refractivity contribution in [2.24, 2.45) is 11.7 Å². The van der Waals surface area contributed by atoms with Gasteiger partial charge in [0, 0.05) is 12.3 Å². The maximum Gasteiger partial charge on any atom is 0.338 e. The van der Waals surface area contributed by atoms with Crippen molar-refractivity contribution < 1.29 is 29.6 Å². The van der Waals surface area contributed by atoms with Crippen LogP contribution < -0.4 is 11.1 Å². The van der Waals surface area contributed by atoms with Gasteiger partial charge in [-0.05, 0) is 13.8 Å². The van der Waals surface area contributed by atoms with Crippen molar-refractivity contribution in [2.45, 2.75) is 55.0 Å². The number of nitrogens with one attached hydrogen (secondary N) is 1. The molecule has 1 saturated heterocycles. The van der Waals surface area contributed by atoms with Crippen molar-refractivity contribution in [3.8, 4) is 0 Å². The molecule has 8 nitrogen and oxygen atoms in total. The minimum Gasteiger partial charge on any atom is -0.512 e. The number of ether oxygens (including phenoxy) is 1. The molecule has 1 fully saturated rings. The Balaban J connectivity index is 2.55. The molecule has 2 rings (SSSR count). The summed E-state index contributed by atoms with van der Waals surface area (Å²) >= 11 is 11.9. The first-order chi connectivity index (χ1) is 11.0. The van der Waals surface area contributed by atoms with Gasteiger partial charge in [-0.2, -0.15) is 0 Å². The highest BCUT2D eigenvalue weighted by molar-refractivity contribution is 6.45. The second-order valence-electron chi connectivity index (χ2n) is 6.30. The lowest BCUT2D eigenvalue weighted by atomic mass is 9.71. The number of alkyl halides is 2. The Hall–Kier alpha value is -1.06. The topological polar surface area (TPSA) is 142 Å². The summed E-state index contributed by atoms with van der Waals surface area (Å²) in [4.78, 5) is 23.1. The number of amides is 1. The normalized spacial score (nSPS) is 37.8. The predicted octanol–water partition coefficient (Wildman–Crippen LogP) is -0.509. The summed E-state index contributed by atoms with van der Waals surface area (Å²) in [7, 11) is 0. The summed E-state index contributed by atoms with van der Waals surface area (Å²) in [6, 6.07) is -1.99. The molecule has 136 valence electrons. The number of esters is 1. The van der Waals surface area contributed by atoms with Crippen LogP contribution in [0, 0.1) is 5.92 Å². The van der Waals surface area contributed by atoms with Crippen LogP contribution in [0.15, 0.2) is 11.3 Å². The van der Waals surface area contributed by atoms with Crippen LogP contribution in [0.5, 0.6) is 0 Å². The molecule has 0 aromatic heterocycles. The largest absolute Gasteiger partial charge is 0.512 e. The van der Waals surface area contributed by atoms with E-state index in [9.17, 15) is 24.9 Å². The fourth-order valence-corrected chi connectivity index (χ4v) is 3.38. The van der Waals surface area contributed by atoms with Gasteiger partial charge in [-0.3, -0.25) is 4.79 Å². The Morgan fingerprint density at radius 3 is 2.54 bits per heavy atom. The standard InChI is InChI=1S/C14H20Cl2N2O6/c1-4(17)11(22)18-10-8-7(5(19)3-6(20)9(8)21)12(23)24-14(10,2)13(15)16/h4,6,8-10,13,19-21H,3,17H2,1-2H3,(H,18,22)/t4-,6+,8-,9-,10+,14-/m0/s1. The molecule has 2 aliphatic rings. The van der Waals surface area contributed by atoms with Gasteiger partial charge >= 0.3 is 5.97 Å². The smallest absolute Gasteiger partial charge is 0.338 e. The first-order valence-electron chi connectivity index (χ1n) is 7.36. The van der Waals surface area contributed by atoms with Crippen molar-refractivity contribution >= 4 is 35.1 Å². The first-order valence-corrected chi connectivity index (χ1v) is 8.23. The Labute approximate surface area is 148 Å². The Morgan fingerprint density at radius 1 is 1.46 bits per heavy atom. The number of hydrogen-bond donors (Lipinski definition) is 5. The summed E-state index contributed by atoms with van der Waals surface area (Å²) in [5.41, 5.74) is 3.73. The van der Waals surface area contributed by atoms with Crippen molar-refractivity contribution in [3.63, 3.8) is 0 Å². The lowest BCUT2D eigenvalue weighted by molar-refractivity contribution is -0.173. The monoisotopic (exact) mass is 382 g/mol. The van der Waals surface area contributed by atoms with Gasteiger partial charge < -0.3 is 31.1 Å². The molecular formula is C14H20Cl2N2O6. The van der Waals surface area contributed by atoms with Gasteiger partial charge in [-0.15, -0.1) is 23.2 Å². The Kier molecular flexibility index (Phi) is 5.37. The van der Waals surface area contributed by atoms with Crippen LogP contribution in [0.25, 0.3) is 0 Å². The lowest BCUT2D eigenvalue weighted by Gasteiger charge is -2.50. The van der Waals surface area contributed by atoms with Crippen LogP contribution in [0.3, 0.4) is 0 Å². The van der Waals surface area contributed by atoms with Crippen LogP contribution in [0.1, 0.15) is 20.3 Å². The molecule has 24 heavy (non-hydrogen) atoms. The second-order valence-corrected chi connectivity index (χ2v) is 7.39. The van der Waals surface area contributed by atoms with E-state index in [2.05, 4.69) is 5.32 Å². The zero-order valence-electron chi connectivity index (χ0n) is 13.1. The molecule has 0 aromatic carbocycles. The molecule has 10 heteroatoms. The van der Waals surface area contributed by atoms with Crippen LogP contribution in [-0.4, -0.2) is 61.9 Å². The third-order valence-corrected chi connectivity index (χ3v) is 5.33. The summed E-state index contributed by atoms with van der Waals surface area (Å²) in [5, 5.41) is 32.9. The SMILES string of the molecule is C[C@H](N)C(=O)N[C@@H]1[C@H]2C(=C(O)C[C@@H](O)[C@@H]2O)C(=O)O[C@]1(C)C(Cl)Cl. The number of halogens is 2. The second kappa shape index (κ2) is 6.68. The van der Waals surface area contributed by atoms with Crippen molar-refractivity contribution in [3.05, 3.63) is 11.3 Å². The molecule has 6 atom stereocenters. The molecule has 1 amide bonds. The van der Waals surface area contributed by atoms with Gasteiger partial charge in [0.25, 0.3) is 0 Å². The van der Waals surface area contributed by atoms with Gasteiger partial charge in [0.2, 0.25) is 5.91 Å². The number of rotatable bonds is 3. The quantitative estimate of drug-likeness (QED) is 0.326. The predicted molar refractivity (Wildman–Crippen MR) is 85.3 cm³/mol. The van der Waals surface area contributed by atoms with E-state index in [-0.39, 0.29) is 12.0 Å². The number of aliphatic hydroxyl groups is 3. The van der Waals surface area contributed by atoms with E-state index in [1.165, 1.54) is 13.8 Å². The van der Waals surface area contributed by atoms with Gasteiger partial charge in [-0.25, -0.2) is 4.79 Å². The van der Waals surface area contributed by atoms with E-state index in [1.807, 2.05) is 0 Å². The van der Waals surface area contributed by atoms with Crippen LogP contribution in [0.2, 0.25) is 0 Å². The highest BCUT2D eigenvalue weighted by atomic mass is 35.5. The number of fused-ring (bicyclic) bond motifs is 1. The van der Waals surface area contributed by atoms with Gasteiger partial charge in [0.1, 0.15) is 10.6 Å². The fourth-order valence-electron chi connectivity index (χ4n) is 3.02. The van der Waals surface area contributed by atoms with E-state index >= 15 is 0 Å². The highest BCUT2D eigenvalue weighted by Gasteiger charge is 2.59. The maximum absolute atomic E-state index is 12.3. The van der Waals surface area contributed by atoms with Crippen molar-refractivity contribution in [1.82, 2.24) is 5.32 Å². The highest BCUT2D eigenvalue weighted by Crippen LogP contribution is 2.44. The minimum atomic E-state index is -1.60. The number of carbonyl (C=O) groups is 2. The Morgan fingerprint density at radius 2 is 2.04 bits per heavy atom. The molecule has 0 radical (unpaired) electrons. The molecule has 0 saturated carbocycles. The Bertz CT molecular complexity index is 582. The molecule has 6 N–H and O–H groups in total. The number of carbonyl (C=O) groups excluding carboxylic acids is 2. The van der Waals surface area contributed by atoms with E-state index in [1.54, 1.807) is 0 Å². The molecule has 0 bridgehead atoms. The van der Waals surface area contributed by atoms with Crippen LogP contribution in [-0.2, 0) is 14.3 Å². The average molecular weight is 383 g/mol. The summed E-state index contributed by atoms with van der Waals surface area (Å²) < 4.78 is 5.28. The van der Waals surface area contributed by atoms with Gasteiger partial charge in [-0.1, -0.05) is 0 Å². The third-order valence-electron chi connectivity index (χ3n) is 4.46. The minimum absolute atomic E-state index is 0.214. The number of cyclic esters (lactones) is 1. The third kappa shape index (κ3) is 3.09. The lowest BCUT2D eigenvalue weighted by Crippen LogP contribution is -2.68. The summed E-state index contributed by atoms with van der Waals surface area (Å²) in [6.45, 7) is 2.84. The molecular weight excluding hydrogens is 363 g/mol. The van der Waals surface area contributed by atoms with Gasteiger partial charge in [0.05, 0.1) is 29.9 Å². The van der Waals surface area contributed by atoms with Crippen LogP contribution in [0.4, 0.5) is 0 Å². The zero-order chi connectivity index (χ0) is 18.4. The van der Waals surface area contributed by atoms with E-state index in [0.29, 0.717) is 0 Å². The zero-order valence-corrected chi connectivity index (χ0v) is 14.6. The maximum atomic E-state index is 12.3. The number of aliphatic hydroxyl groups excluding tert-OH is 3. The summed E-state index contributed by atoms with van der Waals surface area (Å²) in [6.07, 6.45) is -3.07. The van der Waals surface area contributed by atoms with Crippen molar-refractivity contribution in [2.75, 3.05) is 0 Å². The molecule has 1 aliphatic carbocycles. The van der Waals surface area contributed by atoms with E-state index in [4.69, 9.17) is 33.7 Å². The van der Waals surface area contributed by atoms with E-state index in [0.717, 1.165) is 0 Å². The summed E-state index contributed by atoms with van der Waals surface area (Å²) in [5.74, 6) is -3.07. The molecule has 1 aliphatic heterocycles. The van der Waals surface area contributed by atoms with Crippen molar-refractivity contribution in [1.29, 1.82) is 0 Å². The molecule has 0 aromatic rings. The molecule has 0 unspecified atom stereocenters. The fraction of sp³-hybridized carbons (Fsp3) is 0.714. The van der Waals surface area contributed by atoms with E-state index < -0.39 is 58.3 Å². The number of hydrogen-bond acceptors (Lipinski definition) is 7. The van der Waals surface area contributed by atoms with Crippen LogP contribution >= 0.6 is 23.2 Å². The van der Waals surface area contributed by atoms with Gasteiger partial charge in [0.15, 0.2) is 5.60 Å². The molecule has 0 spiro atoms.